The van der Waals surface area contributed by atoms with Crippen molar-refractivity contribution in [3.05, 3.63) is 35.7 Å². The second-order valence-corrected chi connectivity index (χ2v) is 8.81. The molecule has 1 saturated heterocycles. The standard InChI is InChI=1S/C17H23N3O4S/c1-17(2,3)24-16(21)19-13-9-11-20(12-10-13)25(22,23)15-8-6-5-7-14(15)18-4/h5-8,13H,9-12H2,1-3H3,(H,19,21). The molecule has 1 amide bonds. The summed E-state index contributed by atoms with van der Waals surface area (Å²) in [5.41, 5.74) is -0.450. The number of benzene rings is 1. The van der Waals surface area contributed by atoms with E-state index in [9.17, 15) is 13.2 Å². The van der Waals surface area contributed by atoms with Crippen LogP contribution >= 0.6 is 0 Å². The molecule has 0 aliphatic carbocycles. The Morgan fingerprint density at radius 1 is 1.28 bits per heavy atom. The first-order chi connectivity index (χ1) is 11.6. The molecule has 0 bridgehead atoms. The zero-order valence-electron chi connectivity index (χ0n) is 14.7. The number of nitrogens with one attached hydrogen (secondary N) is 1. The number of amides is 1. The second-order valence-electron chi connectivity index (χ2n) is 6.90. The fourth-order valence-corrected chi connectivity index (χ4v) is 4.22. The first-order valence-corrected chi connectivity index (χ1v) is 9.53. The highest BCUT2D eigenvalue weighted by Crippen LogP contribution is 2.28. The number of carbonyl (C=O) groups excluding carboxylic acids is 1. The van der Waals surface area contributed by atoms with Crippen molar-refractivity contribution in [2.75, 3.05) is 13.1 Å². The zero-order chi connectivity index (χ0) is 18.7. The van der Waals surface area contributed by atoms with Gasteiger partial charge < -0.3 is 10.1 Å². The van der Waals surface area contributed by atoms with E-state index in [1.807, 2.05) is 0 Å². The summed E-state index contributed by atoms with van der Waals surface area (Å²) in [7, 11) is -3.71. The van der Waals surface area contributed by atoms with Crippen LogP contribution in [-0.4, -0.2) is 43.5 Å². The van der Waals surface area contributed by atoms with Crippen LogP contribution in [0.4, 0.5) is 10.5 Å². The third-order valence-electron chi connectivity index (χ3n) is 3.78. The Kier molecular flexibility index (Phi) is 5.70. The number of hydrogen-bond acceptors (Lipinski definition) is 4. The minimum atomic E-state index is -3.71. The molecule has 1 aliphatic heterocycles. The molecule has 0 spiro atoms. The second kappa shape index (κ2) is 7.42. The van der Waals surface area contributed by atoms with Crippen LogP contribution in [0, 0.1) is 6.57 Å². The molecule has 1 heterocycles. The summed E-state index contributed by atoms with van der Waals surface area (Å²) in [4.78, 5) is 15.1. The smallest absolute Gasteiger partial charge is 0.407 e. The monoisotopic (exact) mass is 365 g/mol. The first-order valence-electron chi connectivity index (χ1n) is 8.09. The topological polar surface area (TPSA) is 80.1 Å². The van der Waals surface area contributed by atoms with Crippen molar-refractivity contribution in [1.82, 2.24) is 9.62 Å². The van der Waals surface area contributed by atoms with Crippen molar-refractivity contribution in [2.45, 2.75) is 50.2 Å². The maximum absolute atomic E-state index is 12.8. The fraction of sp³-hybridized carbons (Fsp3) is 0.529. The molecule has 2 rings (SSSR count). The Balaban J connectivity index is 2.00. The lowest BCUT2D eigenvalue weighted by Gasteiger charge is -2.32. The quantitative estimate of drug-likeness (QED) is 0.835. The molecular weight excluding hydrogens is 342 g/mol. The van der Waals surface area contributed by atoms with Crippen molar-refractivity contribution in [2.24, 2.45) is 0 Å². The molecular formula is C17H23N3O4S. The van der Waals surface area contributed by atoms with E-state index < -0.39 is 21.7 Å². The molecule has 1 N–H and O–H groups in total. The fourth-order valence-electron chi connectivity index (χ4n) is 2.62. The van der Waals surface area contributed by atoms with Crippen molar-refractivity contribution in [3.8, 4) is 0 Å². The van der Waals surface area contributed by atoms with Gasteiger partial charge in [0.2, 0.25) is 15.7 Å². The van der Waals surface area contributed by atoms with Crippen molar-refractivity contribution in [1.29, 1.82) is 0 Å². The highest BCUT2D eigenvalue weighted by Gasteiger charge is 2.31. The van der Waals surface area contributed by atoms with Crippen LogP contribution in [0.25, 0.3) is 4.85 Å². The van der Waals surface area contributed by atoms with Gasteiger partial charge in [0.1, 0.15) is 5.60 Å². The molecule has 1 aromatic rings. The summed E-state index contributed by atoms with van der Waals surface area (Å²) in [5, 5.41) is 2.78. The Labute approximate surface area is 148 Å². The van der Waals surface area contributed by atoms with E-state index in [1.54, 1.807) is 32.9 Å². The van der Waals surface area contributed by atoms with Crippen molar-refractivity contribution in [3.63, 3.8) is 0 Å². The first kappa shape index (κ1) is 19.2. The molecule has 0 aromatic heterocycles. The number of nitrogens with zero attached hydrogens (tertiary/aromatic N) is 2. The van der Waals surface area contributed by atoms with Crippen LogP contribution in [0.1, 0.15) is 33.6 Å². The SMILES string of the molecule is [C-]#[N+]c1ccccc1S(=O)(=O)N1CCC(NC(=O)OC(C)(C)C)CC1. The maximum Gasteiger partial charge on any atom is 0.407 e. The Morgan fingerprint density at radius 2 is 1.88 bits per heavy atom. The van der Waals surface area contributed by atoms with E-state index in [0.717, 1.165) is 0 Å². The number of sulfonamides is 1. The van der Waals surface area contributed by atoms with Crippen molar-refractivity contribution < 1.29 is 17.9 Å². The van der Waals surface area contributed by atoms with E-state index in [1.165, 1.54) is 16.4 Å². The lowest BCUT2D eigenvalue weighted by molar-refractivity contribution is 0.0489. The average molecular weight is 365 g/mol. The van der Waals surface area contributed by atoms with Gasteiger partial charge in [-0.05, 0) is 33.6 Å². The van der Waals surface area contributed by atoms with Crippen LogP contribution in [-0.2, 0) is 14.8 Å². The lowest BCUT2D eigenvalue weighted by atomic mass is 10.1. The summed E-state index contributed by atoms with van der Waals surface area (Å²) in [6.07, 6.45) is 0.504. The minimum Gasteiger partial charge on any atom is -0.444 e. The van der Waals surface area contributed by atoms with Gasteiger partial charge in [0.05, 0.1) is 11.5 Å². The lowest BCUT2D eigenvalue weighted by Crippen LogP contribution is -2.47. The molecule has 1 aromatic carbocycles. The number of hydrogen-bond donors (Lipinski definition) is 1. The number of alkyl carbamates (subject to hydrolysis) is 1. The molecule has 0 radical (unpaired) electrons. The van der Waals surface area contributed by atoms with E-state index in [2.05, 4.69) is 10.2 Å². The van der Waals surface area contributed by atoms with E-state index in [0.29, 0.717) is 12.8 Å². The normalized spacial score (nSPS) is 16.9. The summed E-state index contributed by atoms with van der Waals surface area (Å²) < 4.78 is 32.1. The summed E-state index contributed by atoms with van der Waals surface area (Å²) >= 11 is 0. The highest BCUT2D eigenvalue weighted by atomic mass is 32.2. The van der Waals surface area contributed by atoms with Gasteiger partial charge in [0.15, 0.2) is 0 Å². The van der Waals surface area contributed by atoms with E-state index in [4.69, 9.17) is 11.3 Å². The average Bonchev–Trinajstić information content (AvgIpc) is 2.53. The number of carbonyl (C=O) groups is 1. The highest BCUT2D eigenvalue weighted by molar-refractivity contribution is 7.89. The Morgan fingerprint density at radius 3 is 2.44 bits per heavy atom. The Hall–Kier alpha value is -2.11. The maximum atomic E-state index is 12.8. The number of ether oxygens (including phenoxy) is 1. The molecule has 7 nitrogen and oxygen atoms in total. The van der Waals surface area contributed by atoms with Gasteiger partial charge in [-0.2, -0.15) is 4.31 Å². The van der Waals surface area contributed by atoms with Gasteiger partial charge >= 0.3 is 6.09 Å². The van der Waals surface area contributed by atoms with Gasteiger partial charge in [-0.3, -0.25) is 0 Å². The van der Waals surface area contributed by atoms with Gasteiger partial charge in [-0.1, -0.05) is 24.3 Å². The van der Waals surface area contributed by atoms with E-state index >= 15 is 0 Å². The molecule has 25 heavy (non-hydrogen) atoms. The summed E-state index contributed by atoms with van der Waals surface area (Å²) in [5.74, 6) is 0. The van der Waals surface area contributed by atoms with Crippen LogP contribution < -0.4 is 5.32 Å². The van der Waals surface area contributed by atoms with E-state index in [-0.39, 0.29) is 29.7 Å². The molecule has 0 unspecified atom stereocenters. The molecule has 0 atom stereocenters. The van der Waals surface area contributed by atoms with Crippen LogP contribution in [0.5, 0.6) is 0 Å². The Bertz CT molecular complexity index is 770. The third kappa shape index (κ3) is 4.94. The minimum absolute atomic E-state index is 0.0311. The summed E-state index contributed by atoms with van der Waals surface area (Å²) in [6.45, 7) is 13.1. The van der Waals surface area contributed by atoms with Crippen LogP contribution in [0.3, 0.4) is 0 Å². The summed E-state index contributed by atoms with van der Waals surface area (Å²) in [6, 6.07) is 6.07. The van der Waals surface area contributed by atoms with Gasteiger partial charge in [0, 0.05) is 19.1 Å². The van der Waals surface area contributed by atoms with Crippen LogP contribution in [0.2, 0.25) is 0 Å². The van der Waals surface area contributed by atoms with Gasteiger partial charge in [-0.25, -0.2) is 18.1 Å². The predicted molar refractivity (Wildman–Crippen MR) is 93.9 cm³/mol. The van der Waals surface area contributed by atoms with Gasteiger partial charge in [0.25, 0.3) is 0 Å². The van der Waals surface area contributed by atoms with Crippen LogP contribution in [0.15, 0.2) is 29.2 Å². The number of rotatable bonds is 3. The predicted octanol–water partition coefficient (Wildman–Crippen LogP) is 2.92. The van der Waals surface area contributed by atoms with Crippen molar-refractivity contribution >= 4 is 21.8 Å². The molecule has 8 heteroatoms. The van der Waals surface area contributed by atoms with Gasteiger partial charge in [-0.15, -0.1) is 0 Å². The largest absolute Gasteiger partial charge is 0.444 e. The third-order valence-corrected chi connectivity index (χ3v) is 5.72. The number of para-hydroxylation sites is 1. The number of piperidine rings is 1. The molecule has 1 aliphatic rings. The molecule has 136 valence electrons. The molecule has 0 saturated carbocycles. The molecule has 1 fully saturated rings. The zero-order valence-corrected chi connectivity index (χ0v) is 15.5.